The summed E-state index contributed by atoms with van der Waals surface area (Å²) in [6.07, 6.45) is 13.9. The molecule has 1 N–H and O–H groups in total. The number of piperazine rings is 1. The zero-order valence-electron chi connectivity index (χ0n) is 13.2. The molecule has 4 nitrogen and oxygen atoms in total. The smallest absolute Gasteiger partial charge is 0.0522 e. The summed E-state index contributed by atoms with van der Waals surface area (Å²) in [7, 11) is 2.01. The first-order valence-electron chi connectivity index (χ1n) is 8.71. The van der Waals surface area contributed by atoms with Gasteiger partial charge >= 0.3 is 0 Å². The molecule has 116 valence electrons. The van der Waals surface area contributed by atoms with Crippen LogP contribution in [0.25, 0.3) is 0 Å². The Balaban J connectivity index is 1.44. The Bertz CT molecular complexity index is 485. The topological polar surface area (TPSA) is 33.1 Å². The van der Waals surface area contributed by atoms with E-state index in [4.69, 9.17) is 0 Å². The van der Waals surface area contributed by atoms with E-state index in [1.807, 2.05) is 17.9 Å². The van der Waals surface area contributed by atoms with E-state index in [9.17, 15) is 0 Å². The predicted molar refractivity (Wildman–Crippen MR) is 84.2 cm³/mol. The third kappa shape index (κ3) is 2.76. The molecule has 1 saturated heterocycles. The van der Waals surface area contributed by atoms with Crippen molar-refractivity contribution >= 4 is 0 Å². The maximum absolute atomic E-state index is 4.31. The van der Waals surface area contributed by atoms with Crippen molar-refractivity contribution in [2.75, 3.05) is 19.6 Å². The van der Waals surface area contributed by atoms with Crippen molar-refractivity contribution in [2.45, 2.75) is 56.5 Å². The molecule has 1 aliphatic heterocycles. The van der Waals surface area contributed by atoms with Crippen molar-refractivity contribution in [3.05, 3.63) is 18.0 Å². The maximum Gasteiger partial charge on any atom is 0.0522 e. The molecule has 0 aromatic carbocycles. The van der Waals surface area contributed by atoms with Gasteiger partial charge in [-0.05, 0) is 43.6 Å². The molecule has 3 aliphatic rings. The highest BCUT2D eigenvalue weighted by atomic mass is 15.3. The summed E-state index contributed by atoms with van der Waals surface area (Å²) < 4.78 is 1.92. The van der Waals surface area contributed by atoms with E-state index < -0.39 is 0 Å². The van der Waals surface area contributed by atoms with Crippen LogP contribution in [0.3, 0.4) is 0 Å². The van der Waals surface area contributed by atoms with Gasteiger partial charge in [0.2, 0.25) is 0 Å². The molecule has 1 atom stereocenters. The lowest BCUT2D eigenvalue weighted by Crippen LogP contribution is -2.64. The van der Waals surface area contributed by atoms with Gasteiger partial charge in [-0.1, -0.05) is 12.8 Å². The maximum atomic E-state index is 4.31. The molecule has 3 fully saturated rings. The van der Waals surface area contributed by atoms with Crippen LogP contribution in [-0.4, -0.2) is 45.9 Å². The minimum absolute atomic E-state index is 0.466. The van der Waals surface area contributed by atoms with Crippen LogP contribution in [0, 0.1) is 5.92 Å². The third-order valence-corrected chi connectivity index (χ3v) is 5.94. The number of aromatic nitrogens is 2. The highest BCUT2D eigenvalue weighted by Crippen LogP contribution is 2.41. The van der Waals surface area contributed by atoms with Crippen LogP contribution in [-0.2, 0) is 13.5 Å². The van der Waals surface area contributed by atoms with E-state index in [2.05, 4.69) is 21.5 Å². The summed E-state index contributed by atoms with van der Waals surface area (Å²) in [6.45, 7) is 3.70. The number of rotatable bonds is 4. The molecular formula is C17H28N4. The molecule has 21 heavy (non-hydrogen) atoms. The van der Waals surface area contributed by atoms with Crippen LogP contribution in [0.1, 0.15) is 44.1 Å². The Morgan fingerprint density at radius 1 is 1.33 bits per heavy atom. The van der Waals surface area contributed by atoms with Gasteiger partial charge in [-0.15, -0.1) is 0 Å². The standard InChI is InChI=1S/C17H28N4/c1-20-11-14(10-19-20)6-9-21-12-16(15-4-5-15)18-13-17(21)7-2-3-8-17/h10-11,15-16,18H,2-9,12-13H2,1H3. The van der Waals surface area contributed by atoms with Crippen LogP contribution in [0.2, 0.25) is 0 Å². The Morgan fingerprint density at radius 2 is 2.14 bits per heavy atom. The lowest BCUT2D eigenvalue weighted by atomic mass is 9.89. The summed E-state index contributed by atoms with van der Waals surface area (Å²) in [5.74, 6) is 0.963. The van der Waals surface area contributed by atoms with Crippen LogP contribution in [0.4, 0.5) is 0 Å². The number of nitrogens with zero attached hydrogens (tertiary/aromatic N) is 3. The Kier molecular flexibility index (Phi) is 3.54. The van der Waals surface area contributed by atoms with Crippen molar-refractivity contribution in [1.29, 1.82) is 0 Å². The van der Waals surface area contributed by atoms with Crippen molar-refractivity contribution in [3.8, 4) is 0 Å². The normalized spacial score (nSPS) is 29.3. The fourth-order valence-corrected chi connectivity index (χ4v) is 4.46. The number of nitrogens with one attached hydrogen (secondary N) is 1. The molecule has 0 amide bonds. The molecule has 4 rings (SSSR count). The first-order valence-corrected chi connectivity index (χ1v) is 8.71. The Hall–Kier alpha value is -0.870. The van der Waals surface area contributed by atoms with Gasteiger partial charge in [0, 0.05) is 44.5 Å². The number of hydrogen-bond acceptors (Lipinski definition) is 3. The molecule has 1 aromatic heterocycles. The lowest BCUT2D eigenvalue weighted by Gasteiger charge is -2.48. The minimum Gasteiger partial charge on any atom is -0.311 e. The highest BCUT2D eigenvalue weighted by molar-refractivity contribution is 5.08. The SMILES string of the molecule is Cn1cc(CCN2CC(C3CC3)NCC23CCCC3)cn1. The first-order chi connectivity index (χ1) is 10.3. The van der Waals surface area contributed by atoms with Crippen molar-refractivity contribution < 1.29 is 0 Å². The average Bonchev–Trinajstić information content (AvgIpc) is 3.09. The second-order valence-electron chi connectivity index (χ2n) is 7.47. The van der Waals surface area contributed by atoms with Gasteiger partial charge in [0.25, 0.3) is 0 Å². The second kappa shape index (κ2) is 5.40. The van der Waals surface area contributed by atoms with Crippen LogP contribution >= 0.6 is 0 Å². The molecule has 0 radical (unpaired) electrons. The monoisotopic (exact) mass is 288 g/mol. The van der Waals surface area contributed by atoms with Crippen molar-refractivity contribution in [3.63, 3.8) is 0 Å². The summed E-state index contributed by atoms with van der Waals surface area (Å²) in [5, 5.41) is 8.20. The molecule has 1 spiro atoms. The summed E-state index contributed by atoms with van der Waals surface area (Å²) in [4.78, 5) is 2.84. The molecule has 2 heterocycles. The third-order valence-electron chi connectivity index (χ3n) is 5.94. The van der Waals surface area contributed by atoms with Crippen LogP contribution in [0.5, 0.6) is 0 Å². The van der Waals surface area contributed by atoms with Gasteiger partial charge in [0.1, 0.15) is 0 Å². The summed E-state index contributed by atoms with van der Waals surface area (Å²) in [5.41, 5.74) is 1.85. The van der Waals surface area contributed by atoms with Crippen molar-refractivity contribution in [2.24, 2.45) is 13.0 Å². The quantitative estimate of drug-likeness (QED) is 0.919. The Labute approximate surface area is 127 Å². The van der Waals surface area contributed by atoms with Gasteiger partial charge in [-0.3, -0.25) is 9.58 Å². The van der Waals surface area contributed by atoms with E-state index in [0.717, 1.165) is 18.4 Å². The van der Waals surface area contributed by atoms with E-state index in [-0.39, 0.29) is 0 Å². The van der Waals surface area contributed by atoms with Gasteiger partial charge in [-0.2, -0.15) is 5.10 Å². The van der Waals surface area contributed by atoms with E-state index in [0.29, 0.717) is 5.54 Å². The average molecular weight is 288 g/mol. The number of aryl methyl sites for hydroxylation is 1. The highest BCUT2D eigenvalue weighted by Gasteiger charge is 2.46. The summed E-state index contributed by atoms with van der Waals surface area (Å²) >= 11 is 0. The molecule has 2 saturated carbocycles. The van der Waals surface area contributed by atoms with E-state index in [1.54, 1.807) is 0 Å². The van der Waals surface area contributed by atoms with Crippen LogP contribution < -0.4 is 5.32 Å². The van der Waals surface area contributed by atoms with E-state index in [1.165, 1.54) is 63.7 Å². The fraction of sp³-hybridized carbons (Fsp3) is 0.824. The molecule has 4 heteroatoms. The molecule has 0 bridgehead atoms. The van der Waals surface area contributed by atoms with Gasteiger partial charge in [0.15, 0.2) is 0 Å². The van der Waals surface area contributed by atoms with Gasteiger partial charge in [-0.25, -0.2) is 0 Å². The summed E-state index contributed by atoms with van der Waals surface area (Å²) in [6, 6.07) is 0.755. The van der Waals surface area contributed by atoms with Crippen molar-refractivity contribution in [1.82, 2.24) is 20.0 Å². The fourth-order valence-electron chi connectivity index (χ4n) is 4.46. The zero-order chi connectivity index (χ0) is 14.3. The number of hydrogen-bond donors (Lipinski definition) is 1. The van der Waals surface area contributed by atoms with Gasteiger partial charge < -0.3 is 5.32 Å². The molecular weight excluding hydrogens is 260 g/mol. The largest absolute Gasteiger partial charge is 0.311 e. The lowest BCUT2D eigenvalue weighted by molar-refractivity contribution is 0.0393. The second-order valence-corrected chi connectivity index (χ2v) is 7.47. The Morgan fingerprint density at radius 3 is 2.81 bits per heavy atom. The molecule has 2 aliphatic carbocycles. The predicted octanol–water partition coefficient (Wildman–Crippen LogP) is 1.96. The minimum atomic E-state index is 0.466. The first kappa shape index (κ1) is 13.8. The van der Waals surface area contributed by atoms with Crippen LogP contribution in [0.15, 0.2) is 12.4 Å². The van der Waals surface area contributed by atoms with E-state index >= 15 is 0 Å². The zero-order valence-corrected chi connectivity index (χ0v) is 13.2. The molecule has 1 aromatic rings. The molecule has 1 unspecified atom stereocenters. The van der Waals surface area contributed by atoms with Gasteiger partial charge in [0.05, 0.1) is 6.20 Å².